The molecule has 7 nitrogen and oxygen atoms in total. The van der Waals surface area contributed by atoms with E-state index in [4.69, 9.17) is 4.52 Å². The van der Waals surface area contributed by atoms with Gasteiger partial charge in [0.2, 0.25) is 0 Å². The van der Waals surface area contributed by atoms with Crippen LogP contribution in [0.3, 0.4) is 0 Å². The van der Waals surface area contributed by atoms with Crippen LogP contribution < -0.4 is 5.32 Å². The molecule has 1 aliphatic rings. The molecular weight excluding hydrogens is 380 g/mol. The summed E-state index contributed by atoms with van der Waals surface area (Å²) in [5.41, 5.74) is 2.50. The summed E-state index contributed by atoms with van der Waals surface area (Å²) < 4.78 is 5.29. The average molecular weight is 406 g/mol. The Morgan fingerprint density at radius 1 is 1.17 bits per heavy atom. The molecule has 1 aromatic carbocycles. The summed E-state index contributed by atoms with van der Waals surface area (Å²) >= 11 is 0. The van der Waals surface area contributed by atoms with E-state index in [0.29, 0.717) is 34.8 Å². The highest BCUT2D eigenvalue weighted by atomic mass is 16.5. The largest absolute Gasteiger partial charge is 0.360 e. The van der Waals surface area contributed by atoms with Crippen molar-refractivity contribution in [1.29, 1.82) is 0 Å². The number of hydrogen-bond donors (Lipinski definition) is 2. The number of aromatic nitrogens is 2. The van der Waals surface area contributed by atoms with Gasteiger partial charge in [-0.3, -0.25) is 9.59 Å². The van der Waals surface area contributed by atoms with E-state index in [1.807, 2.05) is 30.3 Å². The third-order valence-electron chi connectivity index (χ3n) is 5.49. The Morgan fingerprint density at radius 3 is 2.70 bits per heavy atom. The minimum Gasteiger partial charge on any atom is -0.360 e. The van der Waals surface area contributed by atoms with E-state index in [1.165, 1.54) is 19.3 Å². The summed E-state index contributed by atoms with van der Waals surface area (Å²) in [7, 11) is 0. The standard InChI is InChI=1S/C23H26N4O3/c1-16-20(21(26-30-16)17-8-4-2-5-9-17)22(28)18-14-19(25-15-18)23(29)24-10-13-27-11-6-3-7-12-27/h2,4-5,8-9,14-15,25H,3,6-7,10-13H2,1H3,(H,24,29). The van der Waals surface area contributed by atoms with Crippen LogP contribution in [-0.2, 0) is 0 Å². The normalized spacial score (nSPS) is 14.6. The van der Waals surface area contributed by atoms with Crippen LogP contribution in [0.2, 0.25) is 0 Å². The Morgan fingerprint density at radius 2 is 1.93 bits per heavy atom. The Bertz CT molecular complexity index is 1020. The van der Waals surface area contributed by atoms with Gasteiger partial charge in [-0.2, -0.15) is 0 Å². The van der Waals surface area contributed by atoms with Crippen molar-refractivity contribution in [3.05, 3.63) is 65.2 Å². The molecule has 156 valence electrons. The number of carbonyl (C=O) groups excluding carboxylic acids is 2. The lowest BCUT2D eigenvalue weighted by Crippen LogP contribution is -2.37. The molecule has 1 aliphatic heterocycles. The van der Waals surface area contributed by atoms with Gasteiger partial charge in [0.15, 0.2) is 5.78 Å². The van der Waals surface area contributed by atoms with E-state index in [0.717, 1.165) is 25.2 Å². The van der Waals surface area contributed by atoms with Gasteiger partial charge < -0.3 is 19.7 Å². The molecule has 0 saturated carbocycles. The van der Waals surface area contributed by atoms with Crippen LogP contribution in [0.25, 0.3) is 11.3 Å². The van der Waals surface area contributed by atoms with Gasteiger partial charge in [-0.05, 0) is 38.9 Å². The lowest BCUT2D eigenvalue weighted by molar-refractivity contribution is 0.0942. The number of H-pyrrole nitrogens is 1. The minimum absolute atomic E-state index is 0.212. The zero-order chi connectivity index (χ0) is 20.9. The van der Waals surface area contributed by atoms with Gasteiger partial charge in [-0.15, -0.1) is 0 Å². The van der Waals surface area contributed by atoms with Gasteiger partial charge in [0, 0.05) is 30.4 Å². The molecule has 1 saturated heterocycles. The fourth-order valence-corrected chi connectivity index (χ4v) is 3.84. The maximum Gasteiger partial charge on any atom is 0.267 e. The molecule has 0 spiro atoms. The smallest absolute Gasteiger partial charge is 0.267 e. The number of rotatable bonds is 7. The lowest BCUT2D eigenvalue weighted by atomic mass is 9.99. The number of nitrogens with zero attached hydrogens (tertiary/aromatic N) is 2. The first-order valence-corrected chi connectivity index (χ1v) is 10.4. The van der Waals surface area contributed by atoms with Crippen LogP contribution in [0, 0.1) is 6.92 Å². The Labute approximate surface area is 175 Å². The molecule has 1 amide bonds. The van der Waals surface area contributed by atoms with E-state index in [1.54, 1.807) is 19.2 Å². The topological polar surface area (TPSA) is 91.2 Å². The molecule has 4 rings (SSSR count). The summed E-state index contributed by atoms with van der Waals surface area (Å²) in [5, 5.41) is 7.00. The van der Waals surface area contributed by atoms with E-state index in [-0.39, 0.29) is 11.7 Å². The third-order valence-corrected chi connectivity index (χ3v) is 5.49. The highest BCUT2D eigenvalue weighted by molar-refractivity contribution is 6.13. The number of piperidine rings is 1. The molecule has 3 aromatic rings. The fraction of sp³-hybridized carbons (Fsp3) is 0.348. The molecule has 0 unspecified atom stereocenters. The number of carbonyl (C=O) groups is 2. The van der Waals surface area contributed by atoms with Gasteiger partial charge in [0.25, 0.3) is 5.91 Å². The number of aromatic amines is 1. The fourth-order valence-electron chi connectivity index (χ4n) is 3.84. The zero-order valence-electron chi connectivity index (χ0n) is 17.1. The Balaban J connectivity index is 1.43. The van der Waals surface area contributed by atoms with Crippen LogP contribution in [0.5, 0.6) is 0 Å². The molecule has 3 heterocycles. The molecule has 2 aromatic heterocycles. The van der Waals surface area contributed by atoms with Gasteiger partial charge >= 0.3 is 0 Å². The molecule has 0 bridgehead atoms. The van der Waals surface area contributed by atoms with Crippen molar-refractivity contribution < 1.29 is 14.1 Å². The van der Waals surface area contributed by atoms with Crippen LogP contribution in [0.4, 0.5) is 0 Å². The Hall–Kier alpha value is -3.19. The summed E-state index contributed by atoms with van der Waals surface area (Å²) in [4.78, 5) is 30.9. The van der Waals surface area contributed by atoms with E-state index in [2.05, 4.69) is 20.4 Å². The highest BCUT2D eigenvalue weighted by Gasteiger charge is 2.24. The average Bonchev–Trinajstić information content (AvgIpc) is 3.42. The third kappa shape index (κ3) is 4.36. The van der Waals surface area contributed by atoms with Gasteiger partial charge in [-0.1, -0.05) is 41.9 Å². The summed E-state index contributed by atoms with van der Waals surface area (Å²) in [6.07, 6.45) is 5.30. The first kappa shape index (κ1) is 20.1. The predicted octanol–water partition coefficient (Wildman–Crippen LogP) is 3.42. The number of likely N-dealkylation sites (tertiary alicyclic amines) is 1. The number of benzene rings is 1. The molecule has 1 fully saturated rings. The first-order valence-electron chi connectivity index (χ1n) is 10.4. The van der Waals surface area contributed by atoms with E-state index < -0.39 is 0 Å². The van der Waals surface area contributed by atoms with Crippen molar-refractivity contribution in [2.75, 3.05) is 26.2 Å². The van der Waals surface area contributed by atoms with Crippen LogP contribution in [0.15, 0.2) is 47.1 Å². The zero-order valence-corrected chi connectivity index (χ0v) is 17.1. The SMILES string of the molecule is Cc1onc(-c2ccccc2)c1C(=O)c1c[nH]c(C(=O)NCCN2CCCCC2)c1. The van der Waals surface area contributed by atoms with Crippen molar-refractivity contribution >= 4 is 11.7 Å². The van der Waals surface area contributed by atoms with Gasteiger partial charge in [0.05, 0.1) is 5.56 Å². The van der Waals surface area contributed by atoms with Crippen molar-refractivity contribution in [3.8, 4) is 11.3 Å². The van der Waals surface area contributed by atoms with Gasteiger partial charge in [-0.25, -0.2) is 0 Å². The molecule has 0 aliphatic carbocycles. The Kier molecular flexibility index (Phi) is 6.09. The predicted molar refractivity (Wildman–Crippen MR) is 114 cm³/mol. The number of nitrogens with one attached hydrogen (secondary N) is 2. The number of aryl methyl sites for hydroxylation is 1. The van der Waals surface area contributed by atoms with E-state index in [9.17, 15) is 9.59 Å². The monoisotopic (exact) mass is 406 g/mol. The molecule has 30 heavy (non-hydrogen) atoms. The van der Waals surface area contributed by atoms with Crippen LogP contribution >= 0.6 is 0 Å². The quantitative estimate of drug-likeness (QED) is 0.587. The summed E-state index contributed by atoms with van der Waals surface area (Å²) in [6.45, 7) is 5.34. The van der Waals surface area contributed by atoms with Crippen molar-refractivity contribution in [1.82, 2.24) is 20.4 Å². The second-order valence-electron chi connectivity index (χ2n) is 7.62. The number of ketones is 1. The second-order valence-corrected chi connectivity index (χ2v) is 7.62. The molecular formula is C23H26N4O3. The van der Waals surface area contributed by atoms with Crippen molar-refractivity contribution in [3.63, 3.8) is 0 Å². The first-order chi connectivity index (χ1) is 14.6. The lowest BCUT2D eigenvalue weighted by Gasteiger charge is -2.26. The van der Waals surface area contributed by atoms with Crippen molar-refractivity contribution in [2.45, 2.75) is 26.2 Å². The molecule has 0 atom stereocenters. The number of amides is 1. The summed E-state index contributed by atoms with van der Waals surface area (Å²) in [5.74, 6) is 0.0141. The summed E-state index contributed by atoms with van der Waals surface area (Å²) in [6, 6.07) is 11.0. The maximum absolute atomic E-state index is 13.1. The van der Waals surface area contributed by atoms with Gasteiger partial charge in [0.1, 0.15) is 17.1 Å². The minimum atomic E-state index is -0.226. The number of hydrogen-bond acceptors (Lipinski definition) is 5. The van der Waals surface area contributed by atoms with Crippen LogP contribution in [-0.4, -0.2) is 52.9 Å². The molecule has 0 radical (unpaired) electrons. The van der Waals surface area contributed by atoms with Crippen molar-refractivity contribution in [2.24, 2.45) is 0 Å². The maximum atomic E-state index is 13.1. The van der Waals surface area contributed by atoms with E-state index >= 15 is 0 Å². The highest BCUT2D eigenvalue weighted by Crippen LogP contribution is 2.27. The second kappa shape index (κ2) is 9.09. The van der Waals surface area contributed by atoms with Crippen LogP contribution in [0.1, 0.15) is 51.4 Å². The molecule has 7 heteroatoms. The molecule has 2 N–H and O–H groups in total.